The van der Waals surface area contributed by atoms with Gasteiger partial charge in [-0.3, -0.25) is 4.68 Å². The van der Waals surface area contributed by atoms with Crippen molar-refractivity contribution in [2.24, 2.45) is 0 Å². The maximum atomic E-state index is 11.3. The van der Waals surface area contributed by atoms with Crippen molar-refractivity contribution in [1.82, 2.24) is 15.1 Å². The van der Waals surface area contributed by atoms with Crippen LogP contribution in [0.1, 0.15) is 43.6 Å². The predicted molar refractivity (Wildman–Crippen MR) is 80.6 cm³/mol. The largest absolute Gasteiger partial charge is 0.310 e. The van der Waals surface area contributed by atoms with Crippen LogP contribution in [0.3, 0.4) is 0 Å². The summed E-state index contributed by atoms with van der Waals surface area (Å²) in [6.45, 7) is 5.52. The molecular formula is C14H25N3O2S. The number of hydrogen-bond donors (Lipinski definition) is 1. The lowest BCUT2D eigenvalue weighted by Crippen LogP contribution is -2.18. The maximum Gasteiger partial charge on any atom is 0.149 e. The number of hydrogen-bond acceptors (Lipinski definition) is 4. The van der Waals surface area contributed by atoms with Crippen LogP contribution in [0.5, 0.6) is 0 Å². The Hall–Kier alpha value is -0.880. The van der Waals surface area contributed by atoms with Crippen LogP contribution >= 0.6 is 0 Å². The average Bonchev–Trinajstić information content (AvgIpc) is 3.14. The molecule has 1 aromatic rings. The topological polar surface area (TPSA) is 64.0 Å². The number of nitrogens with zero attached hydrogens (tertiary/aromatic N) is 2. The van der Waals surface area contributed by atoms with Crippen LogP contribution in [-0.4, -0.2) is 36.2 Å². The first-order valence-corrected chi connectivity index (χ1v) is 9.49. The zero-order valence-electron chi connectivity index (χ0n) is 12.6. The second kappa shape index (κ2) is 6.26. The summed E-state index contributed by atoms with van der Waals surface area (Å²) in [6.07, 6.45) is 5.59. The van der Waals surface area contributed by atoms with E-state index in [0.29, 0.717) is 12.6 Å². The molecule has 0 aromatic carbocycles. The van der Waals surface area contributed by atoms with Gasteiger partial charge in [-0.05, 0) is 25.7 Å². The maximum absolute atomic E-state index is 11.3. The van der Waals surface area contributed by atoms with Crippen molar-refractivity contribution in [2.75, 3.05) is 12.0 Å². The molecule has 0 aliphatic heterocycles. The van der Waals surface area contributed by atoms with Crippen LogP contribution in [0, 0.1) is 0 Å². The molecule has 1 heterocycles. The molecule has 1 fully saturated rings. The quantitative estimate of drug-likeness (QED) is 0.786. The molecule has 1 aliphatic carbocycles. The van der Waals surface area contributed by atoms with Gasteiger partial charge in [-0.15, -0.1) is 0 Å². The fourth-order valence-electron chi connectivity index (χ4n) is 2.44. The number of rotatable bonds is 8. The molecule has 0 unspecified atom stereocenters. The van der Waals surface area contributed by atoms with Crippen molar-refractivity contribution in [3.63, 3.8) is 0 Å². The highest BCUT2D eigenvalue weighted by atomic mass is 32.2. The molecular weight excluding hydrogens is 274 g/mol. The molecule has 0 atom stereocenters. The van der Waals surface area contributed by atoms with E-state index in [9.17, 15) is 8.42 Å². The highest BCUT2D eigenvalue weighted by molar-refractivity contribution is 7.90. The van der Waals surface area contributed by atoms with Crippen molar-refractivity contribution in [1.29, 1.82) is 0 Å². The highest BCUT2D eigenvalue weighted by Gasteiger charge is 2.22. The summed E-state index contributed by atoms with van der Waals surface area (Å²) < 4.78 is 24.6. The van der Waals surface area contributed by atoms with Gasteiger partial charge in [0.1, 0.15) is 9.84 Å². The third-order valence-electron chi connectivity index (χ3n) is 3.74. The Labute approximate surface area is 121 Å². The fraction of sp³-hybridized carbons (Fsp3) is 0.786. The summed E-state index contributed by atoms with van der Waals surface area (Å²) in [7, 11) is -2.95. The first-order valence-electron chi connectivity index (χ1n) is 7.43. The van der Waals surface area contributed by atoms with Gasteiger partial charge in [-0.2, -0.15) is 5.10 Å². The van der Waals surface area contributed by atoms with E-state index in [4.69, 9.17) is 0 Å². The van der Waals surface area contributed by atoms with Crippen LogP contribution in [0.15, 0.2) is 0 Å². The van der Waals surface area contributed by atoms with E-state index < -0.39 is 9.84 Å². The Morgan fingerprint density at radius 3 is 2.50 bits per heavy atom. The summed E-state index contributed by atoms with van der Waals surface area (Å²) in [5.41, 5.74) is 3.55. The zero-order valence-corrected chi connectivity index (χ0v) is 13.5. The average molecular weight is 299 g/mol. The molecule has 0 saturated heterocycles. The predicted octanol–water partition coefficient (Wildman–Crippen LogP) is 1.30. The molecule has 114 valence electrons. The Kier molecular flexibility index (Phi) is 4.86. The first kappa shape index (κ1) is 15.5. The molecule has 0 bridgehead atoms. The van der Waals surface area contributed by atoms with Gasteiger partial charge in [0.15, 0.2) is 0 Å². The van der Waals surface area contributed by atoms with E-state index in [1.54, 1.807) is 0 Å². The van der Waals surface area contributed by atoms with Gasteiger partial charge in [0.05, 0.1) is 18.0 Å². The standard InChI is InChI=1S/C14H25N3O2S/c1-4-13-12(10-15-11-6-7-11)14(5-2)17(16-13)8-9-20(3,18)19/h11,15H,4-10H2,1-3H3. The summed E-state index contributed by atoms with van der Waals surface area (Å²) in [5.74, 6) is 0.153. The van der Waals surface area contributed by atoms with E-state index >= 15 is 0 Å². The Morgan fingerprint density at radius 1 is 1.30 bits per heavy atom. The molecule has 0 radical (unpaired) electrons. The third-order valence-corrected chi connectivity index (χ3v) is 4.66. The second-order valence-corrected chi connectivity index (χ2v) is 7.85. The van der Waals surface area contributed by atoms with E-state index in [0.717, 1.165) is 25.1 Å². The molecule has 6 heteroatoms. The van der Waals surface area contributed by atoms with Gasteiger partial charge in [-0.1, -0.05) is 13.8 Å². The number of aryl methyl sites for hydroxylation is 2. The van der Waals surface area contributed by atoms with E-state index in [1.165, 1.54) is 30.4 Å². The van der Waals surface area contributed by atoms with Gasteiger partial charge in [-0.25, -0.2) is 8.42 Å². The van der Waals surface area contributed by atoms with Crippen LogP contribution in [0.25, 0.3) is 0 Å². The van der Waals surface area contributed by atoms with Crippen molar-refractivity contribution in [2.45, 2.75) is 58.7 Å². The van der Waals surface area contributed by atoms with Crippen molar-refractivity contribution in [3.05, 3.63) is 17.0 Å². The van der Waals surface area contributed by atoms with E-state index in [2.05, 4.69) is 24.3 Å². The molecule has 1 N–H and O–H groups in total. The lowest BCUT2D eigenvalue weighted by molar-refractivity contribution is 0.576. The monoisotopic (exact) mass is 299 g/mol. The molecule has 5 nitrogen and oxygen atoms in total. The number of sulfone groups is 1. The van der Waals surface area contributed by atoms with Crippen molar-refractivity contribution >= 4 is 9.84 Å². The van der Waals surface area contributed by atoms with E-state index in [-0.39, 0.29) is 5.75 Å². The van der Waals surface area contributed by atoms with Gasteiger partial charge in [0, 0.05) is 30.1 Å². The molecule has 1 aromatic heterocycles. The summed E-state index contributed by atoms with van der Waals surface area (Å²) in [4.78, 5) is 0. The highest BCUT2D eigenvalue weighted by Crippen LogP contribution is 2.22. The van der Waals surface area contributed by atoms with Crippen LogP contribution in [-0.2, 0) is 35.8 Å². The second-order valence-electron chi connectivity index (χ2n) is 5.59. The minimum absolute atomic E-state index is 0.153. The molecule has 1 aliphatic rings. The Balaban J connectivity index is 2.17. The van der Waals surface area contributed by atoms with Crippen LogP contribution in [0.4, 0.5) is 0 Å². The summed E-state index contributed by atoms with van der Waals surface area (Å²) >= 11 is 0. The van der Waals surface area contributed by atoms with Gasteiger partial charge in [0.25, 0.3) is 0 Å². The molecule has 0 spiro atoms. The Bertz CT molecular complexity index is 559. The van der Waals surface area contributed by atoms with Crippen molar-refractivity contribution in [3.8, 4) is 0 Å². The van der Waals surface area contributed by atoms with E-state index in [1.807, 2.05) is 4.68 Å². The first-order chi connectivity index (χ1) is 9.44. The molecule has 20 heavy (non-hydrogen) atoms. The summed E-state index contributed by atoms with van der Waals surface area (Å²) in [5, 5.41) is 8.15. The van der Waals surface area contributed by atoms with Gasteiger partial charge >= 0.3 is 0 Å². The number of nitrogens with one attached hydrogen (secondary N) is 1. The lowest BCUT2D eigenvalue weighted by Gasteiger charge is -2.08. The Morgan fingerprint density at radius 2 is 2.00 bits per heavy atom. The normalized spacial score (nSPS) is 15.8. The molecule has 2 rings (SSSR count). The minimum Gasteiger partial charge on any atom is -0.310 e. The zero-order chi connectivity index (χ0) is 14.8. The number of aromatic nitrogens is 2. The van der Waals surface area contributed by atoms with Gasteiger partial charge in [0.2, 0.25) is 0 Å². The smallest absolute Gasteiger partial charge is 0.149 e. The fourth-order valence-corrected chi connectivity index (χ4v) is 2.95. The van der Waals surface area contributed by atoms with Crippen LogP contribution in [0.2, 0.25) is 0 Å². The molecule has 0 amide bonds. The van der Waals surface area contributed by atoms with Crippen molar-refractivity contribution < 1.29 is 8.42 Å². The lowest BCUT2D eigenvalue weighted by atomic mass is 10.1. The van der Waals surface area contributed by atoms with Gasteiger partial charge < -0.3 is 5.32 Å². The van der Waals surface area contributed by atoms with Crippen LogP contribution < -0.4 is 5.32 Å². The third kappa shape index (κ3) is 4.06. The summed E-state index contributed by atoms with van der Waals surface area (Å²) in [6, 6.07) is 0.670. The molecule has 1 saturated carbocycles. The minimum atomic E-state index is -2.95. The SMILES string of the molecule is CCc1nn(CCS(C)(=O)=O)c(CC)c1CNC1CC1.